The maximum atomic E-state index is 12.9. The molecule has 0 aromatic heterocycles. The minimum atomic E-state index is -0.0696. The van der Waals surface area contributed by atoms with E-state index in [1.165, 1.54) is 0 Å². The van der Waals surface area contributed by atoms with Crippen molar-refractivity contribution in [2.24, 2.45) is 5.92 Å². The van der Waals surface area contributed by atoms with Crippen molar-refractivity contribution in [3.63, 3.8) is 0 Å². The molecule has 0 saturated heterocycles. The van der Waals surface area contributed by atoms with Crippen LogP contribution in [0.4, 0.5) is 5.69 Å². The van der Waals surface area contributed by atoms with Gasteiger partial charge in [-0.2, -0.15) is 0 Å². The molecule has 2 amide bonds. The number of carbonyl (C=O) groups is 2. The van der Waals surface area contributed by atoms with E-state index in [4.69, 9.17) is 11.6 Å². The lowest BCUT2D eigenvalue weighted by molar-refractivity contribution is 0.0948. The van der Waals surface area contributed by atoms with Gasteiger partial charge in [-0.05, 0) is 60.7 Å². The minimum Gasteiger partial charge on any atom is -0.352 e. The predicted octanol–water partition coefficient (Wildman–Crippen LogP) is 4.32. The zero-order chi connectivity index (χ0) is 18.7. The van der Waals surface area contributed by atoms with Crippen LogP contribution in [0, 0.1) is 5.92 Å². The molecule has 5 heteroatoms. The highest BCUT2D eigenvalue weighted by Gasteiger charge is 2.24. The summed E-state index contributed by atoms with van der Waals surface area (Å²) in [6.07, 6.45) is 1.73. The number of anilines is 1. The molecule has 0 bridgehead atoms. The SMILES string of the molecule is CC(C)CNC(=O)c1ccc2c(c1)CCCN2C(=O)c1cccc(Cl)c1. The summed E-state index contributed by atoms with van der Waals surface area (Å²) in [6, 6.07) is 12.6. The lowest BCUT2D eigenvalue weighted by atomic mass is 9.98. The van der Waals surface area contributed by atoms with Crippen LogP contribution in [0.15, 0.2) is 42.5 Å². The molecule has 0 atom stereocenters. The molecular formula is C21H23ClN2O2. The lowest BCUT2D eigenvalue weighted by Crippen LogP contribution is -2.35. The fraction of sp³-hybridized carbons (Fsp3) is 0.333. The first-order valence-corrected chi connectivity index (χ1v) is 9.32. The minimum absolute atomic E-state index is 0.0644. The summed E-state index contributed by atoms with van der Waals surface area (Å²) < 4.78 is 0. The summed E-state index contributed by atoms with van der Waals surface area (Å²) in [7, 11) is 0. The summed E-state index contributed by atoms with van der Waals surface area (Å²) in [4.78, 5) is 27.0. The van der Waals surface area contributed by atoms with Gasteiger partial charge in [0.25, 0.3) is 11.8 Å². The van der Waals surface area contributed by atoms with E-state index < -0.39 is 0 Å². The van der Waals surface area contributed by atoms with E-state index in [2.05, 4.69) is 19.2 Å². The second kappa shape index (κ2) is 7.92. The summed E-state index contributed by atoms with van der Waals surface area (Å²) >= 11 is 6.02. The quantitative estimate of drug-likeness (QED) is 0.871. The first kappa shape index (κ1) is 18.5. The number of nitrogens with one attached hydrogen (secondary N) is 1. The molecule has 0 fully saturated rings. The van der Waals surface area contributed by atoms with Gasteiger partial charge in [0, 0.05) is 34.9 Å². The van der Waals surface area contributed by atoms with E-state index in [-0.39, 0.29) is 11.8 Å². The Morgan fingerprint density at radius 1 is 1.15 bits per heavy atom. The van der Waals surface area contributed by atoms with Crippen LogP contribution < -0.4 is 10.2 Å². The van der Waals surface area contributed by atoms with Crippen molar-refractivity contribution < 1.29 is 9.59 Å². The van der Waals surface area contributed by atoms with E-state index in [1.54, 1.807) is 35.2 Å². The van der Waals surface area contributed by atoms with Crippen molar-refractivity contribution in [1.29, 1.82) is 0 Å². The Kier molecular flexibility index (Phi) is 5.62. The maximum absolute atomic E-state index is 12.9. The fourth-order valence-electron chi connectivity index (χ4n) is 3.13. The number of fused-ring (bicyclic) bond motifs is 1. The van der Waals surface area contributed by atoms with Gasteiger partial charge in [0.2, 0.25) is 0 Å². The van der Waals surface area contributed by atoms with Crippen molar-refractivity contribution in [2.45, 2.75) is 26.7 Å². The van der Waals surface area contributed by atoms with E-state index in [1.807, 2.05) is 12.1 Å². The van der Waals surface area contributed by atoms with Crippen molar-refractivity contribution in [3.8, 4) is 0 Å². The predicted molar refractivity (Wildman–Crippen MR) is 105 cm³/mol. The van der Waals surface area contributed by atoms with Crippen molar-refractivity contribution in [1.82, 2.24) is 5.32 Å². The van der Waals surface area contributed by atoms with Crippen molar-refractivity contribution >= 4 is 29.1 Å². The number of amides is 2. The first-order chi connectivity index (χ1) is 12.5. The Labute approximate surface area is 159 Å². The topological polar surface area (TPSA) is 49.4 Å². The highest BCUT2D eigenvalue weighted by molar-refractivity contribution is 6.31. The number of carbonyl (C=O) groups excluding carboxylic acids is 2. The summed E-state index contributed by atoms with van der Waals surface area (Å²) in [5, 5.41) is 3.48. The Morgan fingerprint density at radius 3 is 2.69 bits per heavy atom. The molecule has 2 aromatic rings. The molecule has 136 valence electrons. The highest BCUT2D eigenvalue weighted by Crippen LogP contribution is 2.29. The van der Waals surface area contributed by atoms with Gasteiger partial charge >= 0.3 is 0 Å². The van der Waals surface area contributed by atoms with Gasteiger partial charge in [0.05, 0.1) is 0 Å². The van der Waals surface area contributed by atoms with Gasteiger partial charge in [-0.3, -0.25) is 9.59 Å². The van der Waals surface area contributed by atoms with Gasteiger partial charge in [-0.1, -0.05) is 31.5 Å². The van der Waals surface area contributed by atoms with Crippen LogP contribution in [0.1, 0.15) is 46.5 Å². The molecule has 1 N–H and O–H groups in total. The lowest BCUT2D eigenvalue weighted by Gasteiger charge is -2.30. The van der Waals surface area contributed by atoms with E-state index in [9.17, 15) is 9.59 Å². The third kappa shape index (κ3) is 4.07. The fourth-order valence-corrected chi connectivity index (χ4v) is 3.32. The van der Waals surface area contributed by atoms with Gasteiger partial charge in [-0.15, -0.1) is 0 Å². The molecule has 3 rings (SSSR count). The number of nitrogens with zero attached hydrogens (tertiary/aromatic N) is 1. The standard InChI is InChI=1S/C21H23ClN2O2/c1-14(2)13-23-20(25)16-8-9-19-15(11-16)6-4-10-24(19)21(26)17-5-3-7-18(22)12-17/h3,5,7-9,11-12,14H,4,6,10,13H2,1-2H3,(H,23,25). The molecule has 0 spiro atoms. The average molecular weight is 371 g/mol. The van der Waals surface area contributed by atoms with Crippen molar-refractivity contribution in [3.05, 3.63) is 64.2 Å². The van der Waals surface area contributed by atoms with Crippen LogP contribution in [0.2, 0.25) is 5.02 Å². The second-order valence-electron chi connectivity index (χ2n) is 7.02. The van der Waals surface area contributed by atoms with Crippen molar-refractivity contribution in [2.75, 3.05) is 18.0 Å². The molecule has 0 radical (unpaired) electrons. The third-order valence-electron chi connectivity index (χ3n) is 4.45. The zero-order valence-electron chi connectivity index (χ0n) is 15.1. The average Bonchev–Trinajstić information content (AvgIpc) is 2.64. The normalized spacial score (nSPS) is 13.5. The monoisotopic (exact) mass is 370 g/mol. The van der Waals surface area contributed by atoms with Crippen LogP contribution in [0.5, 0.6) is 0 Å². The number of rotatable bonds is 4. The molecule has 4 nitrogen and oxygen atoms in total. The summed E-state index contributed by atoms with van der Waals surface area (Å²) in [5.74, 6) is 0.271. The molecule has 1 aliphatic rings. The Hall–Kier alpha value is -2.33. The highest BCUT2D eigenvalue weighted by atomic mass is 35.5. The maximum Gasteiger partial charge on any atom is 0.258 e. The van der Waals surface area contributed by atoms with Gasteiger partial charge in [0.15, 0.2) is 0 Å². The number of hydrogen-bond acceptors (Lipinski definition) is 2. The molecule has 1 heterocycles. The Bertz CT molecular complexity index is 833. The van der Waals surface area contributed by atoms with Crippen LogP contribution in [0.25, 0.3) is 0 Å². The molecular weight excluding hydrogens is 348 g/mol. The zero-order valence-corrected chi connectivity index (χ0v) is 15.8. The summed E-state index contributed by atoms with van der Waals surface area (Å²) in [6.45, 7) is 5.44. The van der Waals surface area contributed by atoms with Gasteiger partial charge < -0.3 is 10.2 Å². The summed E-state index contributed by atoms with van der Waals surface area (Å²) in [5.41, 5.74) is 3.12. The van der Waals surface area contributed by atoms with Crippen LogP contribution in [-0.4, -0.2) is 24.9 Å². The molecule has 0 saturated carbocycles. The van der Waals surface area contributed by atoms with Crippen LogP contribution in [-0.2, 0) is 6.42 Å². The Balaban J connectivity index is 1.84. The van der Waals surface area contributed by atoms with E-state index in [0.29, 0.717) is 35.2 Å². The molecule has 1 aliphatic heterocycles. The van der Waals surface area contributed by atoms with Gasteiger partial charge in [-0.25, -0.2) is 0 Å². The number of halogens is 1. The molecule has 0 unspecified atom stereocenters. The number of aryl methyl sites for hydroxylation is 1. The molecule has 0 aliphatic carbocycles. The molecule has 2 aromatic carbocycles. The largest absolute Gasteiger partial charge is 0.352 e. The number of benzene rings is 2. The van der Waals surface area contributed by atoms with Crippen LogP contribution >= 0.6 is 11.6 Å². The first-order valence-electron chi connectivity index (χ1n) is 8.94. The van der Waals surface area contributed by atoms with E-state index >= 15 is 0 Å². The smallest absolute Gasteiger partial charge is 0.258 e. The second-order valence-corrected chi connectivity index (χ2v) is 7.45. The number of hydrogen-bond donors (Lipinski definition) is 1. The third-order valence-corrected chi connectivity index (χ3v) is 4.68. The van der Waals surface area contributed by atoms with E-state index in [0.717, 1.165) is 24.1 Å². The Morgan fingerprint density at radius 2 is 1.96 bits per heavy atom. The van der Waals surface area contributed by atoms with Gasteiger partial charge in [0.1, 0.15) is 0 Å². The molecule has 26 heavy (non-hydrogen) atoms. The van der Waals surface area contributed by atoms with Crippen LogP contribution in [0.3, 0.4) is 0 Å².